The molecule has 1 aliphatic heterocycles. The number of rotatable bonds is 6. The van der Waals surface area contributed by atoms with Gasteiger partial charge in [-0.1, -0.05) is 28.1 Å². The zero-order valence-corrected chi connectivity index (χ0v) is 18.4. The maximum Gasteiger partial charge on any atom is 0.344 e. The van der Waals surface area contributed by atoms with Gasteiger partial charge in [-0.15, -0.1) is 0 Å². The van der Waals surface area contributed by atoms with Crippen molar-refractivity contribution in [1.82, 2.24) is 5.32 Å². The Morgan fingerprint density at radius 3 is 2.48 bits per heavy atom. The largest absolute Gasteiger partial charge is 0.482 e. The van der Waals surface area contributed by atoms with Crippen LogP contribution in [0.2, 0.25) is 0 Å². The second-order valence-corrected chi connectivity index (χ2v) is 7.41. The molecule has 1 aliphatic rings. The number of halogens is 1. The first-order chi connectivity index (χ1) is 14.8. The van der Waals surface area contributed by atoms with Crippen molar-refractivity contribution < 1.29 is 28.7 Å². The van der Waals surface area contributed by atoms with Crippen LogP contribution in [0.15, 0.2) is 52.5 Å². The quantitative estimate of drug-likeness (QED) is 0.381. The molecule has 2 aromatic carbocycles. The Morgan fingerprint density at radius 2 is 1.84 bits per heavy atom. The Kier molecular flexibility index (Phi) is 6.86. The van der Waals surface area contributed by atoms with Crippen molar-refractivity contribution >= 4 is 51.5 Å². The summed E-state index contributed by atoms with van der Waals surface area (Å²) in [4.78, 5) is 49.8. The van der Waals surface area contributed by atoms with E-state index in [9.17, 15) is 19.2 Å². The third-order valence-electron chi connectivity index (χ3n) is 4.35. The summed E-state index contributed by atoms with van der Waals surface area (Å²) in [6, 6.07) is 10.6. The summed E-state index contributed by atoms with van der Waals surface area (Å²) in [6.45, 7) is 3.58. The van der Waals surface area contributed by atoms with E-state index in [0.29, 0.717) is 17.0 Å². The van der Waals surface area contributed by atoms with Crippen molar-refractivity contribution in [3.05, 3.63) is 63.6 Å². The van der Waals surface area contributed by atoms with E-state index >= 15 is 0 Å². The number of ether oxygens (including phenoxy) is 2. The molecule has 9 heteroatoms. The molecule has 0 saturated carbocycles. The molecule has 31 heavy (non-hydrogen) atoms. The highest BCUT2D eigenvalue weighted by Gasteiger charge is 2.36. The molecule has 160 valence electrons. The number of benzene rings is 2. The smallest absolute Gasteiger partial charge is 0.344 e. The lowest BCUT2D eigenvalue weighted by Gasteiger charge is -2.26. The number of hydrogen-bond donors (Lipinski definition) is 1. The van der Waals surface area contributed by atoms with Crippen LogP contribution in [0.4, 0.5) is 10.5 Å². The number of barbiturate groups is 1. The van der Waals surface area contributed by atoms with Crippen LogP contribution in [0.25, 0.3) is 6.08 Å². The molecule has 1 N–H and O–H groups in total. The van der Waals surface area contributed by atoms with E-state index in [-0.39, 0.29) is 18.8 Å². The fourth-order valence-corrected chi connectivity index (χ4v) is 3.08. The molecule has 0 atom stereocenters. The van der Waals surface area contributed by atoms with E-state index in [4.69, 9.17) is 9.47 Å². The predicted octanol–water partition coefficient (Wildman–Crippen LogP) is 3.37. The van der Waals surface area contributed by atoms with Gasteiger partial charge in [0.2, 0.25) is 0 Å². The number of nitrogens with one attached hydrogen (secondary N) is 1. The van der Waals surface area contributed by atoms with Crippen LogP contribution in [0.3, 0.4) is 0 Å². The summed E-state index contributed by atoms with van der Waals surface area (Å²) in [5, 5.41) is 2.19. The maximum atomic E-state index is 12.9. The van der Waals surface area contributed by atoms with Gasteiger partial charge in [0.25, 0.3) is 11.8 Å². The number of aryl methyl sites for hydroxylation is 1. The van der Waals surface area contributed by atoms with E-state index in [1.807, 2.05) is 6.92 Å². The van der Waals surface area contributed by atoms with Crippen molar-refractivity contribution in [3.63, 3.8) is 0 Å². The van der Waals surface area contributed by atoms with Crippen molar-refractivity contribution in [2.24, 2.45) is 0 Å². The summed E-state index contributed by atoms with van der Waals surface area (Å²) in [5.74, 6) is -1.55. The average Bonchev–Trinajstić information content (AvgIpc) is 2.73. The van der Waals surface area contributed by atoms with Crippen LogP contribution < -0.4 is 15.0 Å². The molecule has 0 spiro atoms. The molecule has 1 fully saturated rings. The van der Waals surface area contributed by atoms with Gasteiger partial charge in [-0.2, -0.15) is 0 Å². The number of hydrogen-bond acceptors (Lipinski definition) is 6. The molecule has 1 saturated heterocycles. The molecule has 0 radical (unpaired) electrons. The molecule has 0 aromatic heterocycles. The highest BCUT2D eigenvalue weighted by Crippen LogP contribution is 2.26. The third kappa shape index (κ3) is 5.18. The Balaban J connectivity index is 1.81. The van der Waals surface area contributed by atoms with Crippen molar-refractivity contribution in [2.75, 3.05) is 18.1 Å². The standard InChI is InChI=1S/C22H19BrN2O6/c1-3-30-19(26)12-31-16-7-4-14(5-8-16)11-17-20(27)24-22(29)25(21(17)28)15-6-9-18(23)13(2)10-15/h4-11H,3,12H2,1-2H3,(H,24,27,29)/b17-11+. The molecule has 1 heterocycles. The average molecular weight is 487 g/mol. The Bertz CT molecular complexity index is 1080. The number of imide groups is 2. The molecule has 2 aromatic rings. The summed E-state index contributed by atoms with van der Waals surface area (Å²) < 4.78 is 10.9. The topological polar surface area (TPSA) is 102 Å². The zero-order chi connectivity index (χ0) is 22.5. The molecule has 0 aliphatic carbocycles. The van der Waals surface area contributed by atoms with Crippen LogP contribution in [0, 0.1) is 6.92 Å². The summed E-state index contributed by atoms with van der Waals surface area (Å²) in [6.07, 6.45) is 1.39. The first-order valence-corrected chi connectivity index (χ1v) is 10.2. The highest BCUT2D eigenvalue weighted by atomic mass is 79.9. The van der Waals surface area contributed by atoms with E-state index in [2.05, 4.69) is 21.2 Å². The minimum absolute atomic E-state index is 0.180. The van der Waals surface area contributed by atoms with Gasteiger partial charge in [0, 0.05) is 4.47 Å². The highest BCUT2D eigenvalue weighted by molar-refractivity contribution is 9.10. The molecule has 8 nitrogen and oxygen atoms in total. The van der Waals surface area contributed by atoms with E-state index in [1.54, 1.807) is 49.4 Å². The number of esters is 1. The first kappa shape index (κ1) is 22.2. The predicted molar refractivity (Wildman–Crippen MR) is 116 cm³/mol. The lowest BCUT2D eigenvalue weighted by atomic mass is 10.1. The first-order valence-electron chi connectivity index (χ1n) is 9.36. The van der Waals surface area contributed by atoms with Crippen molar-refractivity contribution in [2.45, 2.75) is 13.8 Å². The van der Waals surface area contributed by atoms with Crippen LogP contribution in [-0.2, 0) is 19.1 Å². The molecule has 0 unspecified atom stereocenters. The Hall–Kier alpha value is -3.46. The van der Waals surface area contributed by atoms with Gasteiger partial charge in [0.05, 0.1) is 12.3 Å². The minimum atomic E-state index is -0.809. The van der Waals surface area contributed by atoms with Crippen LogP contribution in [0.1, 0.15) is 18.1 Å². The van der Waals surface area contributed by atoms with Gasteiger partial charge in [-0.05, 0) is 61.4 Å². The SMILES string of the molecule is CCOC(=O)COc1ccc(/C=C2\C(=O)NC(=O)N(c3ccc(Br)c(C)c3)C2=O)cc1. The summed E-state index contributed by atoms with van der Waals surface area (Å²) >= 11 is 3.38. The molecular weight excluding hydrogens is 468 g/mol. The van der Waals surface area contributed by atoms with Gasteiger partial charge >= 0.3 is 12.0 Å². The van der Waals surface area contributed by atoms with Gasteiger partial charge in [-0.25, -0.2) is 14.5 Å². The zero-order valence-electron chi connectivity index (χ0n) is 16.8. The second-order valence-electron chi connectivity index (χ2n) is 6.55. The summed E-state index contributed by atoms with van der Waals surface area (Å²) in [7, 11) is 0. The number of urea groups is 1. The number of amides is 4. The normalized spacial score (nSPS) is 15.1. The Labute approximate surface area is 186 Å². The molecule has 0 bridgehead atoms. The Morgan fingerprint density at radius 1 is 1.13 bits per heavy atom. The van der Waals surface area contributed by atoms with Gasteiger partial charge in [0.15, 0.2) is 6.61 Å². The number of nitrogens with zero attached hydrogens (tertiary/aromatic N) is 1. The van der Waals surface area contributed by atoms with Gasteiger partial charge in [0.1, 0.15) is 11.3 Å². The molecule has 4 amide bonds. The van der Waals surface area contributed by atoms with Crippen molar-refractivity contribution in [1.29, 1.82) is 0 Å². The summed E-state index contributed by atoms with van der Waals surface area (Å²) in [5.41, 5.74) is 1.55. The second kappa shape index (κ2) is 9.57. The van der Waals surface area contributed by atoms with Crippen LogP contribution in [0.5, 0.6) is 5.75 Å². The fraction of sp³-hybridized carbons (Fsp3) is 0.182. The van der Waals surface area contributed by atoms with Crippen molar-refractivity contribution in [3.8, 4) is 5.75 Å². The maximum absolute atomic E-state index is 12.9. The third-order valence-corrected chi connectivity index (χ3v) is 5.24. The van der Waals surface area contributed by atoms with Crippen LogP contribution in [-0.4, -0.2) is 37.0 Å². The number of carbonyl (C=O) groups is 4. The minimum Gasteiger partial charge on any atom is -0.482 e. The molecular formula is C22H19BrN2O6. The van der Waals surface area contributed by atoms with Gasteiger partial charge in [-0.3, -0.25) is 14.9 Å². The monoisotopic (exact) mass is 486 g/mol. The number of anilines is 1. The number of carbonyl (C=O) groups excluding carboxylic acids is 4. The van der Waals surface area contributed by atoms with E-state index < -0.39 is 23.8 Å². The fourth-order valence-electron chi connectivity index (χ4n) is 2.83. The van der Waals surface area contributed by atoms with Gasteiger partial charge < -0.3 is 9.47 Å². The lowest BCUT2D eigenvalue weighted by molar-refractivity contribution is -0.145. The lowest BCUT2D eigenvalue weighted by Crippen LogP contribution is -2.54. The van der Waals surface area contributed by atoms with Crippen LogP contribution >= 0.6 is 15.9 Å². The van der Waals surface area contributed by atoms with E-state index in [1.165, 1.54) is 6.08 Å². The van der Waals surface area contributed by atoms with E-state index in [0.717, 1.165) is 14.9 Å². The molecule has 3 rings (SSSR count).